The number of benzene rings is 1. The molecule has 0 aliphatic carbocycles. The number of halogens is 1. The maximum absolute atomic E-state index is 12.2. The van der Waals surface area contributed by atoms with Crippen LogP contribution in [0.4, 0.5) is 0 Å². The fourth-order valence-corrected chi connectivity index (χ4v) is 4.13. The van der Waals surface area contributed by atoms with E-state index in [0.29, 0.717) is 19.5 Å². The molecular formula is C10H12ClNO3S. The third-order valence-electron chi connectivity index (χ3n) is 2.68. The Bertz CT molecular complexity index is 475. The Balaban J connectivity index is 2.50. The highest BCUT2D eigenvalue weighted by molar-refractivity contribution is 7.92. The lowest BCUT2D eigenvalue weighted by Crippen LogP contribution is -2.24. The predicted molar refractivity (Wildman–Crippen MR) is 61.6 cm³/mol. The molecule has 0 saturated carbocycles. The van der Waals surface area contributed by atoms with Gasteiger partial charge in [-0.05, 0) is 25.1 Å². The average Bonchev–Trinajstić information content (AvgIpc) is 2.69. The van der Waals surface area contributed by atoms with Crippen molar-refractivity contribution >= 4 is 21.4 Å². The lowest BCUT2D eigenvalue weighted by Gasteiger charge is -2.13. The summed E-state index contributed by atoms with van der Waals surface area (Å²) < 4.78 is 24.4. The Morgan fingerprint density at radius 1 is 1.44 bits per heavy atom. The van der Waals surface area contributed by atoms with Gasteiger partial charge in [-0.3, -0.25) is 0 Å². The Hall–Kier alpha value is -0.780. The number of aromatic hydroxyl groups is 1. The SMILES string of the molecule is O=S(=O)(c1c(O)cccc1Cl)[C@H]1CCNC1. The van der Waals surface area contributed by atoms with Gasteiger partial charge in [-0.25, -0.2) is 8.42 Å². The first-order chi connectivity index (χ1) is 7.53. The van der Waals surface area contributed by atoms with E-state index in [-0.39, 0.29) is 15.7 Å². The van der Waals surface area contributed by atoms with Crippen molar-refractivity contribution in [2.24, 2.45) is 0 Å². The molecule has 1 fully saturated rings. The zero-order valence-electron chi connectivity index (χ0n) is 8.48. The van der Waals surface area contributed by atoms with Crippen LogP contribution in [0.1, 0.15) is 6.42 Å². The minimum Gasteiger partial charge on any atom is -0.507 e. The van der Waals surface area contributed by atoms with Crippen LogP contribution in [0.5, 0.6) is 5.75 Å². The third-order valence-corrected chi connectivity index (χ3v) is 5.39. The molecule has 1 aromatic rings. The number of rotatable bonds is 2. The quantitative estimate of drug-likeness (QED) is 0.839. The standard InChI is InChI=1S/C10H12ClNO3S/c11-8-2-1-3-9(13)10(8)16(14,15)7-4-5-12-6-7/h1-3,7,12-13H,4-6H2/t7-/m0/s1. The van der Waals surface area contributed by atoms with Crippen LogP contribution in [0.25, 0.3) is 0 Å². The van der Waals surface area contributed by atoms with Gasteiger partial charge >= 0.3 is 0 Å². The monoisotopic (exact) mass is 261 g/mol. The van der Waals surface area contributed by atoms with Crippen LogP contribution in [-0.2, 0) is 9.84 Å². The highest BCUT2D eigenvalue weighted by atomic mass is 35.5. The molecule has 16 heavy (non-hydrogen) atoms. The van der Waals surface area contributed by atoms with Gasteiger partial charge in [0.2, 0.25) is 0 Å². The van der Waals surface area contributed by atoms with Gasteiger partial charge in [0.05, 0.1) is 10.3 Å². The van der Waals surface area contributed by atoms with E-state index < -0.39 is 15.1 Å². The molecule has 0 spiro atoms. The molecule has 1 aliphatic rings. The Labute approximate surface area is 99.2 Å². The van der Waals surface area contributed by atoms with Crippen LogP contribution in [0.3, 0.4) is 0 Å². The summed E-state index contributed by atoms with van der Waals surface area (Å²) in [5.41, 5.74) is 0. The summed E-state index contributed by atoms with van der Waals surface area (Å²) in [4.78, 5) is -0.148. The van der Waals surface area contributed by atoms with Crippen LogP contribution in [-0.4, -0.2) is 31.9 Å². The molecule has 2 N–H and O–H groups in total. The summed E-state index contributed by atoms with van der Waals surface area (Å²) in [6.45, 7) is 1.09. The second-order valence-electron chi connectivity index (χ2n) is 3.75. The molecule has 0 amide bonds. The minimum atomic E-state index is -3.54. The molecule has 0 aromatic heterocycles. The summed E-state index contributed by atoms with van der Waals surface area (Å²) in [7, 11) is -3.54. The van der Waals surface area contributed by atoms with Crippen LogP contribution in [0.15, 0.2) is 23.1 Å². The van der Waals surface area contributed by atoms with E-state index in [1.807, 2.05) is 0 Å². The Morgan fingerprint density at radius 3 is 2.75 bits per heavy atom. The maximum atomic E-state index is 12.2. The summed E-state index contributed by atoms with van der Waals surface area (Å²) in [6, 6.07) is 4.32. The molecule has 0 bridgehead atoms. The summed E-state index contributed by atoms with van der Waals surface area (Å²) in [6.07, 6.45) is 0.549. The highest BCUT2D eigenvalue weighted by Crippen LogP contribution is 2.33. The molecule has 88 valence electrons. The molecule has 1 aromatic carbocycles. The second-order valence-corrected chi connectivity index (χ2v) is 6.32. The molecule has 1 aliphatic heterocycles. The van der Waals surface area contributed by atoms with E-state index in [1.54, 1.807) is 0 Å². The normalized spacial score (nSPS) is 21.2. The van der Waals surface area contributed by atoms with Crippen LogP contribution >= 0.6 is 11.6 Å². The van der Waals surface area contributed by atoms with Crippen LogP contribution in [0, 0.1) is 0 Å². The van der Waals surface area contributed by atoms with Crippen molar-refractivity contribution < 1.29 is 13.5 Å². The third kappa shape index (κ3) is 1.90. The van der Waals surface area contributed by atoms with Crippen molar-refractivity contribution in [1.29, 1.82) is 0 Å². The molecule has 2 rings (SSSR count). The van der Waals surface area contributed by atoms with Gasteiger partial charge < -0.3 is 10.4 Å². The molecule has 1 atom stereocenters. The summed E-state index contributed by atoms with van der Waals surface area (Å²) in [5.74, 6) is -0.278. The molecule has 0 unspecified atom stereocenters. The van der Waals surface area contributed by atoms with Gasteiger partial charge in [-0.1, -0.05) is 17.7 Å². The second kappa shape index (κ2) is 4.24. The largest absolute Gasteiger partial charge is 0.507 e. The number of hydrogen-bond donors (Lipinski definition) is 2. The highest BCUT2D eigenvalue weighted by Gasteiger charge is 2.33. The average molecular weight is 262 g/mol. The van der Waals surface area contributed by atoms with Crippen molar-refractivity contribution in [1.82, 2.24) is 5.32 Å². The van der Waals surface area contributed by atoms with E-state index in [9.17, 15) is 13.5 Å². The number of phenols is 1. The molecule has 1 saturated heterocycles. The van der Waals surface area contributed by atoms with Gasteiger partial charge in [-0.15, -0.1) is 0 Å². The number of sulfone groups is 1. The fourth-order valence-electron chi connectivity index (χ4n) is 1.84. The fraction of sp³-hybridized carbons (Fsp3) is 0.400. The lowest BCUT2D eigenvalue weighted by atomic mass is 10.3. The van der Waals surface area contributed by atoms with E-state index >= 15 is 0 Å². The molecule has 1 heterocycles. The minimum absolute atomic E-state index is 0.0758. The van der Waals surface area contributed by atoms with Crippen LogP contribution in [0.2, 0.25) is 5.02 Å². The zero-order chi connectivity index (χ0) is 11.8. The molecule has 0 radical (unpaired) electrons. The number of phenolic OH excluding ortho intramolecular Hbond substituents is 1. The predicted octanol–water partition coefficient (Wildman–Crippen LogP) is 1.18. The van der Waals surface area contributed by atoms with E-state index in [1.165, 1.54) is 18.2 Å². The van der Waals surface area contributed by atoms with Gasteiger partial charge in [-0.2, -0.15) is 0 Å². The first-order valence-electron chi connectivity index (χ1n) is 4.95. The van der Waals surface area contributed by atoms with Gasteiger partial charge in [0.1, 0.15) is 10.6 Å². The first kappa shape index (κ1) is 11.7. The summed E-state index contributed by atoms with van der Waals surface area (Å²) >= 11 is 5.83. The lowest BCUT2D eigenvalue weighted by molar-refractivity contribution is 0.458. The van der Waals surface area contributed by atoms with Crippen molar-refractivity contribution in [3.63, 3.8) is 0 Å². The number of hydrogen-bond acceptors (Lipinski definition) is 4. The summed E-state index contributed by atoms with van der Waals surface area (Å²) in [5, 5.41) is 12.2. The Kier molecular flexibility index (Phi) is 3.10. The topological polar surface area (TPSA) is 66.4 Å². The van der Waals surface area contributed by atoms with Crippen molar-refractivity contribution in [2.75, 3.05) is 13.1 Å². The van der Waals surface area contributed by atoms with Crippen LogP contribution < -0.4 is 5.32 Å². The first-order valence-corrected chi connectivity index (χ1v) is 6.88. The van der Waals surface area contributed by atoms with Gasteiger partial charge in [0, 0.05) is 6.54 Å². The van der Waals surface area contributed by atoms with E-state index in [4.69, 9.17) is 11.6 Å². The van der Waals surface area contributed by atoms with Gasteiger partial charge in [0.25, 0.3) is 0 Å². The Morgan fingerprint density at radius 2 is 2.19 bits per heavy atom. The van der Waals surface area contributed by atoms with E-state index in [2.05, 4.69) is 5.32 Å². The van der Waals surface area contributed by atoms with Crippen molar-refractivity contribution in [2.45, 2.75) is 16.6 Å². The van der Waals surface area contributed by atoms with Crippen molar-refractivity contribution in [3.8, 4) is 5.75 Å². The number of nitrogens with one attached hydrogen (secondary N) is 1. The van der Waals surface area contributed by atoms with E-state index in [0.717, 1.165) is 0 Å². The molecular weight excluding hydrogens is 250 g/mol. The zero-order valence-corrected chi connectivity index (χ0v) is 10.1. The van der Waals surface area contributed by atoms with Crippen molar-refractivity contribution in [3.05, 3.63) is 23.2 Å². The molecule has 4 nitrogen and oxygen atoms in total. The smallest absolute Gasteiger partial charge is 0.187 e. The maximum Gasteiger partial charge on any atom is 0.187 e. The van der Waals surface area contributed by atoms with Gasteiger partial charge in [0.15, 0.2) is 9.84 Å². The molecule has 6 heteroatoms.